The van der Waals surface area contributed by atoms with Crippen molar-refractivity contribution in [2.24, 2.45) is 5.92 Å². The third-order valence-electron chi connectivity index (χ3n) is 5.06. The van der Waals surface area contributed by atoms with Gasteiger partial charge in [-0.3, -0.25) is 4.90 Å². The van der Waals surface area contributed by atoms with Crippen LogP contribution in [0, 0.1) is 5.92 Å². The van der Waals surface area contributed by atoms with Crippen LogP contribution in [0.4, 0.5) is 4.79 Å². The Hall–Kier alpha value is -1.30. The van der Waals surface area contributed by atoms with Crippen molar-refractivity contribution in [3.05, 3.63) is 0 Å². The first-order chi connectivity index (χ1) is 9.82. The van der Waals surface area contributed by atoms with Crippen molar-refractivity contribution in [1.29, 1.82) is 0 Å². The van der Waals surface area contributed by atoms with Crippen LogP contribution in [0.25, 0.3) is 0 Å². The van der Waals surface area contributed by atoms with Gasteiger partial charge in [0.1, 0.15) is 6.04 Å². The van der Waals surface area contributed by atoms with Crippen LogP contribution in [-0.4, -0.2) is 76.6 Å². The first kappa shape index (κ1) is 16.1. The summed E-state index contributed by atoms with van der Waals surface area (Å²) in [6.45, 7) is 8.00. The van der Waals surface area contributed by atoms with Gasteiger partial charge in [0.05, 0.1) is 0 Å². The van der Waals surface area contributed by atoms with E-state index in [-0.39, 0.29) is 11.9 Å². The maximum absolute atomic E-state index is 12.8. The van der Waals surface area contributed by atoms with E-state index in [4.69, 9.17) is 0 Å². The quantitative estimate of drug-likeness (QED) is 0.793. The number of hydrogen-bond acceptors (Lipinski definition) is 3. The summed E-state index contributed by atoms with van der Waals surface area (Å²) in [5.74, 6) is -0.867. The number of piperazine rings is 1. The van der Waals surface area contributed by atoms with E-state index in [0.717, 1.165) is 12.8 Å². The second-order valence-corrected chi connectivity index (χ2v) is 6.65. The molecule has 2 heterocycles. The highest BCUT2D eigenvalue weighted by atomic mass is 16.4. The van der Waals surface area contributed by atoms with Crippen LogP contribution in [0.1, 0.15) is 33.6 Å². The molecule has 4 unspecified atom stereocenters. The van der Waals surface area contributed by atoms with Crippen LogP contribution in [0.15, 0.2) is 0 Å². The Morgan fingerprint density at radius 1 is 1.10 bits per heavy atom. The molecular weight excluding hydrogens is 270 g/mol. The van der Waals surface area contributed by atoms with Crippen LogP contribution < -0.4 is 0 Å². The lowest BCUT2D eigenvalue weighted by Gasteiger charge is -2.46. The molecule has 0 radical (unpaired) electrons. The van der Waals surface area contributed by atoms with Gasteiger partial charge in [0.15, 0.2) is 0 Å². The Labute approximate surface area is 126 Å². The molecule has 2 amide bonds. The van der Waals surface area contributed by atoms with E-state index in [9.17, 15) is 14.7 Å². The Morgan fingerprint density at radius 2 is 1.67 bits per heavy atom. The number of rotatable bonds is 1. The van der Waals surface area contributed by atoms with Gasteiger partial charge < -0.3 is 14.9 Å². The van der Waals surface area contributed by atoms with Gasteiger partial charge in [-0.2, -0.15) is 0 Å². The molecule has 4 atom stereocenters. The largest absolute Gasteiger partial charge is 0.480 e. The number of carboxylic acids is 1. The maximum Gasteiger partial charge on any atom is 0.326 e. The number of piperidine rings is 1. The molecule has 0 aliphatic carbocycles. The lowest BCUT2D eigenvalue weighted by molar-refractivity contribution is -0.145. The van der Waals surface area contributed by atoms with E-state index in [1.165, 1.54) is 0 Å². The van der Waals surface area contributed by atoms with Crippen molar-refractivity contribution >= 4 is 12.0 Å². The monoisotopic (exact) mass is 297 g/mol. The van der Waals surface area contributed by atoms with E-state index in [2.05, 4.69) is 25.8 Å². The molecule has 21 heavy (non-hydrogen) atoms. The van der Waals surface area contributed by atoms with Crippen molar-refractivity contribution < 1.29 is 14.7 Å². The Morgan fingerprint density at radius 3 is 2.19 bits per heavy atom. The first-order valence-corrected chi connectivity index (χ1v) is 7.83. The fourth-order valence-corrected chi connectivity index (χ4v) is 3.52. The van der Waals surface area contributed by atoms with E-state index in [0.29, 0.717) is 31.7 Å². The Bertz CT molecular complexity index is 403. The van der Waals surface area contributed by atoms with E-state index in [1.54, 1.807) is 4.90 Å². The molecule has 0 aromatic carbocycles. The van der Waals surface area contributed by atoms with Crippen LogP contribution in [-0.2, 0) is 4.79 Å². The number of carbonyl (C=O) groups excluding carboxylic acids is 1. The van der Waals surface area contributed by atoms with Gasteiger partial charge >= 0.3 is 12.0 Å². The molecule has 0 aromatic heterocycles. The minimum absolute atomic E-state index is 0.0162. The minimum Gasteiger partial charge on any atom is -0.480 e. The number of urea groups is 1. The molecule has 6 nitrogen and oxygen atoms in total. The number of carboxylic acid groups (broad SMARTS) is 1. The van der Waals surface area contributed by atoms with Crippen LogP contribution in [0.5, 0.6) is 0 Å². The van der Waals surface area contributed by atoms with Gasteiger partial charge in [-0.25, -0.2) is 9.59 Å². The molecule has 2 aliphatic rings. The molecular formula is C15H27N3O3. The predicted octanol–water partition coefficient (Wildman–Crippen LogP) is 1.32. The number of hydrogen-bond donors (Lipinski definition) is 1. The lowest BCUT2D eigenvalue weighted by atomic mass is 9.91. The summed E-state index contributed by atoms with van der Waals surface area (Å²) >= 11 is 0. The third-order valence-corrected chi connectivity index (χ3v) is 5.06. The molecule has 2 fully saturated rings. The highest BCUT2D eigenvalue weighted by Gasteiger charge is 2.40. The molecule has 0 saturated carbocycles. The third kappa shape index (κ3) is 3.15. The van der Waals surface area contributed by atoms with Gasteiger partial charge in [-0.1, -0.05) is 6.92 Å². The second kappa shape index (κ2) is 6.22. The molecule has 6 heteroatoms. The van der Waals surface area contributed by atoms with Crippen molar-refractivity contribution in [1.82, 2.24) is 14.7 Å². The fourth-order valence-electron chi connectivity index (χ4n) is 3.52. The smallest absolute Gasteiger partial charge is 0.326 e. The molecule has 1 N–H and O–H groups in total. The van der Waals surface area contributed by atoms with Crippen LogP contribution >= 0.6 is 0 Å². The Kier molecular flexibility index (Phi) is 4.76. The SMILES string of the molecule is CC1CCCN(C(=O)N2CC(C)N(C)C(C)C2)C1C(=O)O. The topological polar surface area (TPSA) is 64.1 Å². The zero-order chi connectivity index (χ0) is 15.7. The van der Waals surface area contributed by atoms with Crippen molar-refractivity contribution in [3.8, 4) is 0 Å². The van der Waals surface area contributed by atoms with E-state index in [1.807, 2.05) is 11.8 Å². The normalized spacial score (nSPS) is 34.9. The van der Waals surface area contributed by atoms with E-state index < -0.39 is 12.0 Å². The summed E-state index contributed by atoms with van der Waals surface area (Å²) in [6.07, 6.45) is 1.76. The second-order valence-electron chi connectivity index (χ2n) is 6.65. The molecule has 0 aromatic rings. The fraction of sp³-hybridized carbons (Fsp3) is 0.867. The molecule has 120 valence electrons. The number of amides is 2. The van der Waals surface area contributed by atoms with Crippen molar-refractivity contribution in [2.45, 2.75) is 51.7 Å². The predicted molar refractivity (Wildman–Crippen MR) is 80.2 cm³/mol. The molecule has 0 spiro atoms. The number of likely N-dealkylation sites (N-methyl/N-ethyl adjacent to an activating group) is 1. The van der Waals surface area contributed by atoms with Gasteiger partial charge in [0.25, 0.3) is 0 Å². The average Bonchev–Trinajstić information content (AvgIpc) is 2.42. The summed E-state index contributed by atoms with van der Waals surface area (Å²) in [4.78, 5) is 30.0. The highest BCUT2D eigenvalue weighted by molar-refractivity contribution is 5.83. The number of likely N-dealkylation sites (tertiary alicyclic amines) is 1. The van der Waals surface area contributed by atoms with Crippen molar-refractivity contribution in [3.63, 3.8) is 0 Å². The zero-order valence-corrected chi connectivity index (χ0v) is 13.5. The van der Waals surface area contributed by atoms with Gasteiger partial charge in [0, 0.05) is 31.7 Å². The zero-order valence-electron chi connectivity index (χ0n) is 13.5. The molecule has 2 saturated heterocycles. The highest BCUT2D eigenvalue weighted by Crippen LogP contribution is 2.26. The van der Waals surface area contributed by atoms with Gasteiger partial charge in [-0.15, -0.1) is 0 Å². The number of carbonyl (C=O) groups is 2. The summed E-state index contributed by atoms with van der Waals surface area (Å²) in [5, 5.41) is 9.45. The average molecular weight is 297 g/mol. The van der Waals surface area contributed by atoms with Crippen LogP contribution in [0.2, 0.25) is 0 Å². The minimum atomic E-state index is -0.884. The Balaban J connectivity index is 2.12. The van der Waals surface area contributed by atoms with Gasteiger partial charge in [-0.05, 0) is 39.7 Å². The summed E-state index contributed by atoms with van der Waals surface area (Å²) in [6, 6.07) is -0.205. The molecule has 2 aliphatic heterocycles. The standard InChI is InChI=1S/C15H27N3O3/c1-10-6-5-7-18(13(10)14(19)20)15(21)17-8-11(2)16(4)12(3)9-17/h10-13H,5-9H2,1-4H3,(H,19,20). The van der Waals surface area contributed by atoms with E-state index >= 15 is 0 Å². The number of nitrogens with zero attached hydrogens (tertiary/aromatic N) is 3. The molecule has 2 rings (SSSR count). The summed E-state index contributed by atoms with van der Waals surface area (Å²) in [7, 11) is 2.07. The first-order valence-electron chi connectivity index (χ1n) is 7.83. The summed E-state index contributed by atoms with van der Waals surface area (Å²) < 4.78 is 0. The van der Waals surface area contributed by atoms with Crippen LogP contribution in [0.3, 0.4) is 0 Å². The van der Waals surface area contributed by atoms with Gasteiger partial charge in [0.2, 0.25) is 0 Å². The van der Waals surface area contributed by atoms with Crippen molar-refractivity contribution in [2.75, 3.05) is 26.7 Å². The number of aliphatic carboxylic acids is 1. The maximum atomic E-state index is 12.8. The summed E-state index contributed by atoms with van der Waals surface area (Å²) in [5.41, 5.74) is 0. The molecule has 0 bridgehead atoms. The lowest BCUT2D eigenvalue weighted by Crippen LogP contribution is -2.62.